The number of anilines is 1. The van der Waals surface area contributed by atoms with Crippen LogP contribution in [0.15, 0.2) is 24.3 Å². The Labute approximate surface area is 154 Å². The lowest BCUT2D eigenvalue weighted by Crippen LogP contribution is -2.41. The smallest absolute Gasteiger partial charge is 0.414 e. The van der Waals surface area contributed by atoms with E-state index in [2.05, 4.69) is 5.32 Å². The second kappa shape index (κ2) is 6.11. The normalized spacial score (nSPS) is 19.5. The number of hydrogen-bond donors (Lipinski definition) is 1. The zero-order valence-electron chi connectivity index (χ0n) is 14.9. The van der Waals surface area contributed by atoms with Crippen molar-refractivity contribution in [2.24, 2.45) is 0 Å². The Bertz CT molecular complexity index is 995. The summed E-state index contributed by atoms with van der Waals surface area (Å²) in [6.45, 7) is 1.98. The highest BCUT2D eigenvalue weighted by Crippen LogP contribution is 2.29. The van der Waals surface area contributed by atoms with Crippen molar-refractivity contribution in [1.29, 1.82) is 0 Å². The highest BCUT2D eigenvalue weighted by molar-refractivity contribution is 6.09. The van der Waals surface area contributed by atoms with Crippen LogP contribution < -0.4 is 10.2 Å². The molecule has 1 aromatic heterocycles. The van der Waals surface area contributed by atoms with E-state index in [1.165, 1.54) is 21.3 Å². The number of carbonyl (C=O) groups is 4. The van der Waals surface area contributed by atoms with Crippen LogP contribution in [0.4, 0.5) is 10.5 Å². The van der Waals surface area contributed by atoms with Crippen molar-refractivity contribution in [3.05, 3.63) is 30.0 Å². The Balaban J connectivity index is 1.65. The number of fused-ring (bicyclic) bond motifs is 3. The zero-order valence-corrected chi connectivity index (χ0v) is 14.9. The van der Waals surface area contributed by atoms with E-state index in [-0.39, 0.29) is 30.8 Å². The summed E-state index contributed by atoms with van der Waals surface area (Å²) in [4.78, 5) is 50.7. The summed E-state index contributed by atoms with van der Waals surface area (Å²) in [7, 11) is 1.59. The molecule has 0 aliphatic carbocycles. The molecule has 3 heterocycles. The van der Waals surface area contributed by atoms with Gasteiger partial charge in [-0.15, -0.1) is 0 Å². The maximum absolute atomic E-state index is 12.3. The van der Waals surface area contributed by atoms with Crippen LogP contribution in [-0.4, -0.2) is 66.1 Å². The number of cyclic esters (lactones) is 1. The molecule has 0 spiro atoms. The Morgan fingerprint density at radius 2 is 2.04 bits per heavy atom. The largest absolute Gasteiger partial charge is 0.442 e. The van der Waals surface area contributed by atoms with Gasteiger partial charge in [0.2, 0.25) is 5.91 Å². The van der Waals surface area contributed by atoms with E-state index in [9.17, 15) is 19.2 Å². The molecule has 4 rings (SSSR count). The fourth-order valence-corrected chi connectivity index (χ4v) is 3.43. The molecule has 1 N–H and O–H groups in total. The van der Waals surface area contributed by atoms with Gasteiger partial charge < -0.3 is 15.0 Å². The zero-order chi connectivity index (χ0) is 19.3. The van der Waals surface area contributed by atoms with Gasteiger partial charge in [0.15, 0.2) is 0 Å². The Morgan fingerprint density at radius 3 is 2.78 bits per heavy atom. The van der Waals surface area contributed by atoms with Gasteiger partial charge in [0.25, 0.3) is 11.8 Å². The van der Waals surface area contributed by atoms with E-state index in [0.29, 0.717) is 28.8 Å². The third kappa shape index (κ3) is 2.80. The van der Waals surface area contributed by atoms with Crippen LogP contribution in [0.1, 0.15) is 22.2 Å². The summed E-state index contributed by atoms with van der Waals surface area (Å²) in [6.07, 6.45) is -0.934. The molecule has 1 fully saturated rings. The second-order valence-corrected chi connectivity index (χ2v) is 6.72. The number of rotatable bonds is 3. The van der Waals surface area contributed by atoms with Crippen LogP contribution >= 0.6 is 0 Å². The van der Waals surface area contributed by atoms with Crippen LogP contribution in [0.25, 0.3) is 10.9 Å². The van der Waals surface area contributed by atoms with Crippen LogP contribution in [0.3, 0.4) is 0 Å². The van der Waals surface area contributed by atoms with Crippen molar-refractivity contribution in [1.82, 2.24) is 14.8 Å². The molecule has 140 valence electrons. The van der Waals surface area contributed by atoms with Gasteiger partial charge in [-0.2, -0.15) is 0 Å². The van der Waals surface area contributed by atoms with Gasteiger partial charge in [0.05, 0.1) is 18.6 Å². The molecule has 0 radical (unpaired) electrons. The van der Waals surface area contributed by atoms with Gasteiger partial charge >= 0.3 is 6.09 Å². The van der Waals surface area contributed by atoms with E-state index in [1.807, 2.05) is 0 Å². The van der Waals surface area contributed by atoms with Crippen molar-refractivity contribution in [3.63, 3.8) is 0 Å². The minimum atomic E-state index is -0.499. The van der Waals surface area contributed by atoms with Gasteiger partial charge in [0.1, 0.15) is 18.3 Å². The number of benzene rings is 1. The highest BCUT2D eigenvalue weighted by Gasteiger charge is 2.33. The third-order valence-corrected chi connectivity index (χ3v) is 4.74. The van der Waals surface area contributed by atoms with Crippen molar-refractivity contribution in [2.75, 3.05) is 31.6 Å². The summed E-state index contributed by atoms with van der Waals surface area (Å²) < 4.78 is 6.69. The van der Waals surface area contributed by atoms with Crippen LogP contribution in [0, 0.1) is 0 Å². The van der Waals surface area contributed by atoms with Crippen molar-refractivity contribution in [3.8, 4) is 0 Å². The van der Waals surface area contributed by atoms with Crippen LogP contribution in [0.5, 0.6) is 0 Å². The second-order valence-electron chi connectivity index (χ2n) is 6.72. The first kappa shape index (κ1) is 17.1. The fourth-order valence-electron chi connectivity index (χ4n) is 3.43. The summed E-state index contributed by atoms with van der Waals surface area (Å²) in [5.41, 5.74) is 1.55. The van der Waals surface area contributed by atoms with Crippen molar-refractivity contribution in [2.45, 2.75) is 13.0 Å². The van der Waals surface area contributed by atoms with Gasteiger partial charge in [0, 0.05) is 25.0 Å². The molecule has 0 unspecified atom stereocenters. The topological polar surface area (TPSA) is 101 Å². The fraction of sp³-hybridized carbons (Fsp3) is 0.333. The van der Waals surface area contributed by atoms with E-state index in [4.69, 9.17) is 4.74 Å². The molecular weight excluding hydrogens is 352 g/mol. The predicted molar refractivity (Wildman–Crippen MR) is 95.8 cm³/mol. The number of likely N-dealkylation sites (N-methyl/N-ethyl adjacent to an activating group) is 1. The minimum absolute atomic E-state index is 0.0284. The molecule has 2 aliphatic heterocycles. The quantitative estimate of drug-likeness (QED) is 0.862. The predicted octanol–water partition coefficient (Wildman–Crippen LogP) is 0.828. The van der Waals surface area contributed by atoms with E-state index in [1.54, 1.807) is 31.3 Å². The highest BCUT2D eigenvalue weighted by atomic mass is 16.6. The molecule has 9 heteroatoms. The number of hydrogen-bond acceptors (Lipinski definition) is 5. The van der Waals surface area contributed by atoms with Crippen molar-refractivity contribution < 1.29 is 23.9 Å². The first-order valence-corrected chi connectivity index (χ1v) is 8.52. The Morgan fingerprint density at radius 1 is 1.26 bits per heavy atom. The Hall–Kier alpha value is -3.36. The molecule has 2 aliphatic rings. The van der Waals surface area contributed by atoms with Gasteiger partial charge in [-0.25, -0.2) is 4.79 Å². The lowest BCUT2D eigenvalue weighted by Gasteiger charge is -2.23. The lowest BCUT2D eigenvalue weighted by molar-refractivity contribution is -0.119. The minimum Gasteiger partial charge on any atom is -0.442 e. The first-order chi connectivity index (χ1) is 12.8. The molecule has 0 saturated carbocycles. The number of carbonyl (C=O) groups excluding carboxylic acids is 4. The molecule has 1 aromatic carbocycles. The van der Waals surface area contributed by atoms with E-state index < -0.39 is 12.2 Å². The molecule has 27 heavy (non-hydrogen) atoms. The first-order valence-electron chi connectivity index (χ1n) is 8.52. The van der Waals surface area contributed by atoms with Crippen molar-refractivity contribution >= 4 is 40.4 Å². The number of aromatic nitrogens is 1. The monoisotopic (exact) mass is 370 g/mol. The standard InChI is InChI=1S/C18H18N4O5/c1-10(23)19-7-13-8-21(18(26)27-13)12-3-4-14-11(5-12)6-15-17(25)20(2)9-16(24)22(14)15/h3-6,13H,7-9H2,1-2H3,(H,19,23)/t13-/m0/s1. The number of ether oxygens (including phenoxy) is 1. The van der Waals surface area contributed by atoms with E-state index in [0.717, 1.165) is 0 Å². The maximum Gasteiger partial charge on any atom is 0.414 e. The maximum atomic E-state index is 12.3. The van der Waals surface area contributed by atoms with Gasteiger partial charge in [-0.05, 0) is 24.3 Å². The molecule has 9 nitrogen and oxygen atoms in total. The summed E-state index contributed by atoms with van der Waals surface area (Å²) in [5, 5.41) is 3.32. The van der Waals surface area contributed by atoms with Crippen LogP contribution in [-0.2, 0) is 9.53 Å². The molecule has 0 bridgehead atoms. The summed E-state index contributed by atoms with van der Waals surface area (Å²) >= 11 is 0. The summed E-state index contributed by atoms with van der Waals surface area (Å²) in [5.74, 6) is -0.585. The third-order valence-electron chi connectivity index (χ3n) is 4.74. The Kier molecular flexibility index (Phi) is 3.87. The average Bonchev–Trinajstić information content (AvgIpc) is 3.18. The number of nitrogens with zero attached hydrogens (tertiary/aromatic N) is 3. The van der Waals surface area contributed by atoms with Gasteiger partial charge in [-0.3, -0.25) is 23.9 Å². The molecule has 1 atom stereocenters. The van der Waals surface area contributed by atoms with E-state index >= 15 is 0 Å². The average molecular weight is 370 g/mol. The molecule has 1 saturated heterocycles. The van der Waals surface area contributed by atoms with Gasteiger partial charge in [-0.1, -0.05) is 0 Å². The molecular formula is C18H18N4O5. The number of nitrogens with one attached hydrogen (secondary N) is 1. The van der Waals surface area contributed by atoms with Crippen LogP contribution in [0.2, 0.25) is 0 Å². The summed E-state index contributed by atoms with van der Waals surface area (Å²) in [6, 6.07) is 6.85. The SMILES string of the molecule is CC(=O)NC[C@H]1CN(c2ccc3c(c2)cc2n3C(=O)CN(C)C2=O)C(=O)O1. The molecule has 3 amide bonds. The number of amides is 3. The lowest BCUT2D eigenvalue weighted by atomic mass is 10.2. The molecule has 2 aromatic rings.